The minimum atomic E-state index is -0.986. The first-order valence-corrected chi connectivity index (χ1v) is 9.34. The van der Waals surface area contributed by atoms with Gasteiger partial charge >= 0.3 is 5.97 Å². The van der Waals surface area contributed by atoms with Gasteiger partial charge < -0.3 is 20.1 Å². The quantitative estimate of drug-likeness (QED) is 0.475. The zero-order valence-corrected chi connectivity index (χ0v) is 15.5. The van der Waals surface area contributed by atoms with E-state index >= 15 is 0 Å². The predicted molar refractivity (Wildman–Crippen MR) is 97.7 cm³/mol. The number of nitrogens with zero attached hydrogens (tertiary/aromatic N) is 1. The van der Waals surface area contributed by atoms with Crippen molar-refractivity contribution in [2.45, 2.75) is 71.3 Å². The third kappa shape index (κ3) is 8.20. The van der Waals surface area contributed by atoms with Gasteiger partial charge in [0, 0.05) is 31.6 Å². The van der Waals surface area contributed by atoms with E-state index in [2.05, 4.69) is 11.9 Å². The van der Waals surface area contributed by atoms with E-state index in [-0.39, 0.29) is 17.7 Å². The van der Waals surface area contributed by atoms with Crippen LogP contribution in [0.1, 0.15) is 75.0 Å². The molecule has 1 amide bonds. The molecule has 1 rings (SSSR count). The van der Waals surface area contributed by atoms with Crippen molar-refractivity contribution >= 4 is 11.9 Å². The van der Waals surface area contributed by atoms with Crippen LogP contribution in [0.5, 0.6) is 0 Å². The molecule has 0 spiro atoms. The molecule has 0 radical (unpaired) electrons. The van der Waals surface area contributed by atoms with Crippen molar-refractivity contribution in [3.05, 3.63) is 23.5 Å². The Hall–Kier alpha value is -1.82. The Kier molecular flexibility index (Phi) is 9.92. The number of carboxylic acid groups (broad SMARTS) is 1. The van der Waals surface area contributed by atoms with E-state index in [9.17, 15) is 14.7 Å². The van der Waals surface area contributed by atoms with E-state index in [1.165, 1.54) is 6.07 Å². The van der Waals surface area contributed by atoms with Gasteiger partial charge in [0.1, 0.15) is 5.69 Å². The van der Waals surface area contributed by atoms with Gasteiger partial charge in [-0.3, -0.25) is 4.79 Å². The molecule has 1 aromatic heterocycles. The van der Waals surface area contributed by atoms with Crippen LogP contribution in [0.3, 0.4) is 0 Å². The third-order valence-electron chi connectivity index (χ3n) is 4.32. The largest absolute Gasteiger partial charge is 0.477 e. The Morgan fingerprint density at radius 1 is 1.12 bits per heavy atom. The van der Waals surface area contributed by atoms with Crippen LogP contribution in [0.4, 0.5) is 0 Å². The lowest BCUT2D eigenvalue weighted by molar-refractivity contribution is -0.131. The summed E-state index contributed by atoms with van der Waals surface area (Å²) in [6.07, 6.45) is 6.13. The summed E-state index contributed by atoms with van der Waals surface area (Å²) in [5.74, 6) is -0.895. The van der Waals surface area contributed by atoms with Crippen LogP contribution < -0.4 is 0 Å². The number of aromatic carboxylic acids is 1. The molecule has 0 aliphatic rings. The molecular weight excluding hydrogens is 320 g/mol. The standard InChI is InChI=1S/C19H32N2O4/c1-3-5-6-8-16(22)12-14-21(18(23)7-4-2)13-11-15-9-10-17(20-15)19(24)25/h9-10,16,20,22H,3-8,11-14H2,1-2H3,(H,24,25)/t16-/m1/s1. The van der Waals surface area contributed by atoms with Crippen molar-refractivity contribution in [1.29, 1.82) is 0 Å². The maximum atomic E-state index is 12.3. The Balaban J connectivity index is 2.51. The summed E-state index contributed by atoms with van der Waals surface area (Å²) < 4.78 is 0. The first-order chi connectivity index (χ1) is 12.0. The van der Waals surface area contributed by atoms with E-state index in [0.717, 1.165) is 37.8 Å². The van der Waals surface area contributed by atoms with Gasteiger partial charge in [0.15, 0.2) is 0 Å². The fourth-order valence-corrected chi connectivity index (χ4v) is 2.78. The molecular formula is C19H32N2O4. The zero-order valence-electron chi connectivity index (χ0n) is 15.5. The molecule has 0 aliphatic heterocycles. The molecule has 3 N–H and O–H groups in total. The van der Waals surface area contributed by atoms with Crippen LogP contribution in [0.15, 0.2) is 12.1 Å². The van der Waals surface area contributed by atoms with Crippen LogP contribution in [0.25, 0.3) is 0 Å². The van der Waals surface area contributed by atoms with Gasteiger partial charge in [-0.2, -0.15) is 0 Å². The normalized spacial score (nSPS) is 12.1. The van der Waals surface area contributed by atoms with Crippen molar-refractivity contribution in [2.24, 2.45) is 0 Å². The number of aromatic nitrogens is 1. The molecule has 0 bridgehead atoms. The lowest BCUT2D eigenvalue weighted by Crippen LogP contribution is -2.35. The van der Waals surface area contributed by atoms with Gasteiger partial charge in [-0.25, -0.2) is 4.79 Å². The molecule has 1 atom stereocenters. The Morgan fingerprint density at radius 3 is 2.48 bits per heavy atom. The van der Waals surface area contributed by atoms with E-state index in [1.54, 1.807) is 11.0 Å². The molecule has 0 unspecified atom stereocenters. The number of nitrogens with one attached hydrogen (secondary N) is 1. The number of aromatic amines is 1. The van der Waals surface area contributed by atoms with Crippen molar-refractivity contribution < 1.29 is 19.8 Å². The average molecular weight is 352 g/mol. The summed E-state index contributed by atoms with van der Waals surface area (Å²) in [5.41, 5.74) is 0.961. The number of carbonyl (C=O) groups is 2. The van der Waals surface area contributed by atoms with E-state index in [4.69, 9.17) is 5.11 Å². The second-order valence-electron chi connectivity index (χ2n) is 6.52. The number of aliphatic hydroxyl groups is 1. The summed E-state index contributed by atoms with van der Waals surface area (Å²) >= 11 is 0. The third-order valence-corrected chi connectivity index (χ3v) is 4.32. The lowest BCUT2D eigenvalue weighted by atomic mass is 10.1. The van der Waals surface area contributed by atoms with Crippen LogP contribution in [0.2, 0.25) is 0 Å². The SMILES string of the molecule is CCCCC[C@@H](O)CCN(CCc1ccc(C(=O)O)[nH]1)C(=O)CCC. The maximum absolute atomic E-state index is 12.3. The van der Waals surface area contributed by atoms with Crippen molar-refractivity contribution in [3.8, 4) is 0 Å². The number of carboxylic acids is 1. The maximum Gasteiger partial charge on any atom is 0.352 e. The van der Waals surface area contributed by atoms with Crippen LogP contribution in [-0.2, 0) is 11.2 Å². The molecule has 1 aromatic rings. The van der Waals surface area contributed by atoms with Crippen LogP contribution >= 0.6 is 0 Å². The summed E-state index contributed by atoms with van der Waals surface area (Å²) in [6.45, 7) is 5.17. The summed E-state index contributed by atoms with van der Waals surface area (Å²) in [7, 11) is 0. The molecule has 142 valence electrons. The number of hydrogen-bond acceptors (Lipinski definition) is 3. The van der Waals surface area contributed by atoms with Gasteiger partial charge in [0.05, 0.1) is 6.10 Å². The highest BCUT2D eigenvalue weighted by atomic mass is 16.4. The number of H-pyrrole nitrogens is 1. The average Bonchev–Trinajstić information content (AvgIpc) is 3.04. The minimum Gasteiger partial charge on any atom is -0.477 e. The summed E-state index contributed by atoms with van der Waals surface area (Å²) in [6, 6.07) is 3.28. The van der Waals surface area contributed by atoms with Crippen molar-refractivity contribution in [2.75, 3.05) is 13.1 Å². The first-order valence-electron chi connectivity index (χ1n) is 9.34. The van der Waals surface area contributed by atoms with E-state index in [1.807, 2.05) is 6.92 Å². The molecule has 6 heteroatoms. The van der Waals surface area contributed by atoms with Crippen molar-refractivity contribution in [3.63, 3.8) is 0 Å². The number of unbranched alkanes of at least 4 members (excludes halogenated alkanes) is 2. The van der Waals surface area contributed by atoms with Crippen LogP contribution in [0, 0.1) is 0 Å². The number of aliphatic hydroxyl groups excluding tert-OH is 1. The zero-order chi connectivity index (χ0) is 18.7. The number of rotatable bonds is 13. The summed E-state index contributed by atoms with van der Waals surface area (Å²) in [5, 5.41) is 19.0. The van der Waals surface area contributed by atoms with Crippen molar-refractivity contribution in [1.82, 2.24) is 9.88 Å². The molecule has 6 nitrogen and oxygen atoms in total. The fraction of sp³-hybridized carbons (Fsp3) is 0.684. The number of carbonyl (C=O) groups excluding carboxylic acids is 1. The van der Waals surface area contributed by atoms with Crippen LogP contribution in [-0.4, -0.2) is 51.2 Å². The Labute approximate surface area is 150 Å². The molecule has 0 saturated heterocycles. The molecule has 0 saturated carbocycles. The second kappa shape index (κ2) is 11.7. The van der Waals surface area contributed by atoms with E-state index in [0.29, 0.717) is 32.4 Å². The van der Waals surface area contributed by atoms with Gasteiger partial charge in [-0.15, -0.1) is 0 Å². The topological polar surface area (TPSA) is 93.6 Å². The second-order valence-corrected chi connectivity index (χ2v) is 6.52. The lowest BCUT2D eigenvalue weighted by Gasteiger charge is -2.24. The molecule has 25 heavy (non-hydrogen) atoms. The Morgan fingerprint density at radius 2 is 1.88 bits per heavy atom. The fourth-order valence-electron chi connectivity index (χ4n) is 2.78. The highest BCUT2D eigenvalue weighted by molar-refractivity contribution is 5.85. The highest BCUT2D eigenvalue weighted by Gasteiger charge is 2.15. The smallest absolute Gasteiger partial charge is 0.352 e. The number of amides is 1. The monoisotopic (exact) mass is 352 g/mol. The van der Waals surface area contributed by atoms with Gasteiger partial charge in [0.25, 0.3) is 0 Å². The van der Waals surface area contributed by atoms with Gasteiger partial charge in [-0.1, -0.05) is 33.1 Å². The molecule has 0 fully saturated rings. The predicted octanol–water partition coefficient (Wildman–Crippen LogP) is 3.22. The Bertz CT molecular complexity index is 527. The molecule has 1 heterocycles. The first kappa shape index (κ1) is 21.2. The molecule has 0 aromatic carbocycles. The van der Waals surface area contributed by atoms with E-state index < -0.39 is 5.97 Å². The summed E-state index contributed by atoms with van der Waals surface area (Å²) in [4.78, 5) is 27.8. The minimum absolute atomic E-state index is 0.0910. The van der Waals surface area contributed by atoms with Gasteiger partial charge in [0.2, 0.25) is 5.91 Å². The number of hydrogen-bond donors (Lipinski definition) is 3. The van der Waals surface area contributed by atoms with Gasteiger partial charge in [-0.05, 0) is 31.4 Å². The highest BCUT2D eigenvalue weighted by Crippen LogP contribution is 2.10. The molecule has 0 aliphatic carbocycles.